The molecule has 2 heterocycles. The lowest BCUT2D eigenvalue weighted by molar-refractivity contribution is -0.106. The molecular weight excluding hydrogens is 142 g/mol. The second-order valence-electron chi connectivity index (χ2n) is 3.60. The van der Waals surface area contributed by atoms with Crippen molar-refractivity contribution < 1.29 is 9.84 Å². The number of hydrogen-bond donors (Lipinski definition) is 2. The minimum atomic E-state index is -0.136. The number of ether oxygens (including phenoxy) is 1. The standard InChI is InChI=1S/C8H15NO2/c10-7-1-4-11-8(5-7)2-3-9-6-8/h7,9-10H,1-6H2/t7-,8-/m0/s1. The Kier molecular flexibility index (Phi) is 1.87. The summed E-state index contributed by atoms with van der Waals surface area (Å²) < 4.78 is 5.67. The van der Waals surface area contributed by atoms with E-state index in [1.54, 1.807) is 0 Å². The molecule has 0 saturated carbocycles. The molecule has 2 N–H and O–H groups in total. The molecular formula is C8H15NO2. The van der Waals surface area contributed by atoms with Crippen molar-refractivity contribution in [2.75, 3.05) is 19.7 Å². The largest absolute Gasteiger partial charge is 0.393 e. The first-order valence-corrected chi connectivity index (χ1v) is 4.34. The first kappa shape index (κ1) is 7.53. The lowest BCUT2D eigenvalue weighted by Gasteiger charge is -2.35. The van der Waals surface area contributed by atoms with Crippen LogP contribution in [-0.2, 0) is 4.74 Å². The third kappa shape index (κ3) is 1.41. The SMILES string of the molecule is O[C@H]1CCO[C@@]2(CCNC2)C1. The molecule has 2 aliphatic rings. The zero-order valence-corrected chi connectivity index (χ0v) is 6.68. The van der Waals surface area contributed by atoms with Crippen molar-refractivity contribution in [1.82, 2.24) is 5.32 Å². The summed E-state index contributed by atoms with van der Waals surface area (Å²) >= 11 is 0. The summed E-state index contributed by atoms with van der Waals surface area (Å²) in [4.78, 5) is 0. The molecule has 3 heteroatoms. The number of hydrogen-bond acceptors (Lipinski definition) is 3. The Bertz CT molecular complexity index is 143. The maximum atomic E-state index is 9.43. The molecule has 0 amide bonds. The van der Waals surface area contributed by atoms with Crippen LogP contribution in [0.1, 0.15) is 19.3 Å². The van der Waals surface area contributed by atoms with Crippen LogP contribution in [0, 0.1) is 0 Å². The van der Waals surface area contributed by atoms with Crippen molar-refractivity contribution >= 4 is 0 Å². The van der Waals surface area contributed by atoms with Gasteiger partial charge in [0.2, 0.25) is 0 Å². The van der Waals surface area contributed by atoms with Crippen LogP contribution in [-0.4, -0.2) is 36.5 Å². The van der Waals surface area contributed by atoms with Gasteiger partial charge in [-0.25, -0.2) is 0 Å². The van der Waals surface area contributed by atoms with Gasteiger partial charge in [-0.1, -0.05) is 0 Å². The van der Waals surface area contributed by atoms with Crippen molar-refractivity contribution in [2.45, 2.75) is 31.0 Å². The van der Waals surface area contributed by atoms with Gasteiger partial charge in [0.05, 0.1) is 11.7 Å². The van der Waals surface area contributed by atoms with Crippen LogP contribution in [0.5, 0.6) is 0 Å². The van der Waals surface area contributed by atoms with Crippen molar-refractivity contribution in [2.24, 2.45) is 0 Å². The number of nitrogens with one attached hydrogen (secondary N) is 1. The monoisotopic (exact) mass is 157 g/mol. The molecule has 0 unspecified atom stereocenters. The van der Waals surface area contributed by atoms with Gasteiger partial charge in [0, 0.05) is 19.6 Å². The molecule has 3 nitrogen and oxygen atoms in total. The predicted molar refractivity (Wildman–Crippen MR) is 41.4 cm³/mol. The van der Waals surface area contributed by atoms with E-state index >= 15 is 0 Å². The van der Waals surface area contributed by atoms with E-state index in [-0.39, 0.29) is 11.7 Å². The minimum Gasteiger partial charge on any atom is -0.393 e. The topological polar surface area (TPSA) is 41.5 Å². The summed E-state index contributed by atoms with van der Waals surface area (Å²) in [5.41, 5.74) is -0.0162. The minimum absolute atomic E-state index is 0.0162. The Morgan fingerprint density at radius 1 is 1.55 bits per heavy atom. The Hall–Kier alpha value is -0.120. The fourth-order valence-corrected chi connectivity index (χ4v) is 2.02. The van der Waals surface area contributed by atoms with Crippen molar-refractivity contribution in [1.29, 1.82) is 0 Å². The molecule has 0 bridgehead atoms. The van der Waals surface area contributed by atoms with Crippen LogP contribution in [0.15, 0.2) is 0 Å². The van der Waals surface area contributed by atoms with Crippen LogP contribution in [0.4, 0.5) is 0 Å². The molecule has 64 valence electrons. The summed E-state index contributed by atoms with van der Waals surface area (Å²) in [5.74, 6) is 0. The van der Waals surface area contributed by atoms with Gasteiger partial charge < -0.3 is 15.2 Å². The van der Waals surface area contributed by atoms with Gasteiger partial charge >= 0.3 is 0 Å². The predicted octanol–water partition coefficient (Wildman–Crippen LogP) is -0.110. The van der Waals surface area contributed by atoms with Crippen molar-refractivity contribution in [3.63, 3.8) is 0 Å². The normalized spacial score (nSPS) is 45.0. The van der Waals surface area contributed by atoms with Gasteiger partial charge in [-0.15, -0.1) is 0 Å². The summed E-state index contributed by atoms with van der Waals surface area (Å²) in [6.07, 6.45) is 2.55. The average Bonchev–Trinajstić information content (AvgIpc) is 2.37. The molecule has 0 aromatic carbocycles. The molecule has 2 rings (SSSR count). The third-order valence-electron chi connectivity index (χ3n) is 2.67. The van der Waals surface area contributed by atoms with E-state index in [9.17, 15) is 5.11 Å². The molecule has 2 aliphatic heterocycles. The van der Waals surface area contributed by atoms with E-state index in [2.05, 4.69) is 5.32 Å². The molecule has 11 heavy (non-hydrogen) atoms. The average molecular weight is 157 g/mol. The second kappa shape index (κ2) is 2.73. The summed E-state index contributed by atoms with van der Waals surface area (Å²) in [5, 5.41) is 12.7. The van der Waals surface area contributed by atoms with Crippen LogP contribution in [0.2, 0.25) is 0 Å². The highest BCUT2D eigenvalue weighted by atomic mass is 16.5. The molecule has 0 aliphatic carbocycles. The summed E-state index contributed by atoms with van der Waals surface area (Å²) in [7, 11) is 0. The zero-order valence-electron chi connectivity index (χ0n) is 6.68. The highest BCUT2D eigenvalue weighted by molar-refractivity contribution is 4.93. The Morgan fingerprint density at radius 2 is 2.45 bits per heavy atom. The van der Waals surface area contributed by atoms with Gasteiger partial charge in [0.15, 0.2) is 0 Å². The Labute approximate surface area is 66.7 Å². The van der Waals surface area contributed by atoms with E-state index in [1.807, 2.05) is 0 Å². The molecule has 2 atom stereocenters. The lowest BCUT2D eigenvalue weighted by atomic mass is 9.91. The smallest absolute Gasteiger partial charge is 0.0842 e. The summed E-state index contributed by atoms with van der Waals surface area (Å²) in [6.45, 7) is 2.68. The van der Waals surface area contributed by atoms with Crippen LogP contribution < -0.4 is 5.32 Å². The highest BCUT2D eigenvalue weighted by Crippen LogP contribution is 2.30. The second-order valence-corrected chi connectivity index (χ2v) is 3.60. The Balaban J connectivity index is 2.00. The number of aliphatic hydroxyl groups is 1. The molecule has 2 fully saturated rings. The first-order valence-electron chi connectivity index (χ1n) is 4.34. The van der Waals surface area contributed by atoms with E-state index in [1.165, 1.54) is 0 Å². The molecule has 2 saturated heterocycles. The van der Waals surface area contributed by atoms with Gasteiger partial charge in [0.25, 0.3) is 0 Å². The third-order valence-corrected chi connectivity index (χ3v) is 2.67. The Morgan fingerprint density at radius 3 is 3.09 bits per heavy atom. The summed E-state index contributed by atoms with van der Waals surface area (Å²) in [6, 6.07) is 0. The molecule has 0 radical (unpaired) electrons. The molecule has 0 aromatic heterocycles. The quantitative estimate of drug-likeness (QED) is 0.515. The maximum Gasteiger partial charge on any atom is 0.0842 e. The van der Waals surface area contributed by atoms with Crippen molar-refractivity contribution in [3.05, 3.63) is 0 Å². The maximum absolute atomic E-state index is 9.43. The number of rotatable bonds is 0. The zero-order chi connectivity index (χ0) is 7.73. The lowest BCUT2D eigenvalue weighted by Crippen LogP contribution is -2.43. The number of aliphatic hydroxyl groups excluding tert-OH is 1. The van der Waals surface area contributed by atoms with Crippen LogP contribution in [0.25, 0.3) is 0 Å². The first-order chi connectivity index (χ1) is 5.31. The van der Waals surface area contributed by atoms with Crippen molar-refractivity contribution in [3.8, 4) is 0 Å². The fraction of sp³-hybridized carbons (Fsp3) is 1.00. The molecule has 0 aromatic rings. The van der Waals surface area contributed by atoms with Crippen LogP contribution >= 0.6 is 0 Å². The van der Waals surface area contributed by atoms with E-state index in [0.29, 0.717) is 0 Å². The van der Waals surface area contributed by atoms with Gasteiger partial charge in [-0.2, -0.15) is 0 Å². The van der Waals surface area contributed by atoms with Crippen LogP contribution in [0.3, 0.4) is 0 Å². The fourth-order valence-electron chi connectivity index (χ4n) is 2.02. The van der Waals surface area contributed by atoms with Gasteiger partial charge in [-0.05, 0) is 19.4 Å². The molecule has 1 spiro atoms. The van der Waals surface area contributed by atoms with Gasteiger partial charge in [-0.3, -0.25) is 0 Å². The highest BCUT2D eigenvalue weighted by Gasteiger charge is 2.39. The van der Waals surface area contributed by atoms with Gasteiger partial charge in [0.1, 0.15) is 0 Å². The van der Waals surface area contributed by atoms with E-state index in [0.717, 1.165) is 39.0 Å². The van der Waals surface area contributed by atoms with E-state index < -0.39 is 0 Å². The van der Waals surface area contributed by atoms with E-state index in [4.69, 9.17) is 4.74 Å².